The summed E-state index contributed by atoms with van der Waals surface area (Å²) in [5, 5.41) is 7.45. The monoisotopic (exact) mass is 231 g/mol. The third-order valence-corrected chi connectivity index (χ3v) is 2.06. The average molecular weight is 232 g/mol. The van der Waals surface area contributed by atoms with Gasteiger partial charge in [0.25, 0.3) is 0 Å². The topological polar surface area (TPSA) is 47.8 Å². The normalized spacial score (nSPS) is 10.2. The fourth-order valence-electron chi connectivity index (χ4n) is 0.973. The lowest BCUT2D eigenvalue weighted by atomic mass is 10.2. The van der Waals surface area contributed by atoms with Gasteiger partial charge in [0.2, 0.25) is 0 Å². The number of halogens is 1. The largest absolute Gasteiger partial charge is 0.292 e. The predicted molar refractivity (Wildman–Crippen MR) is 47.9 cm³/mol. The zero-order valence-electron chi connectivity index (χ0n) is 7.04. The number of Topliss-reactive ketones (excluding diaryl/α,β-unsaturated/α-hetero) is 1. The van der Waals surface area contributed by atoms with E-state index < -0.39 is 0 Å². The summed E-state index contributed by atoms with van der Waals surface area (Å²) in [6.07, 6.45) is 1.39. The number of rotatable bonds is 3. The summed E-state index contributed by atoms with van der Waals surface area (Å²) in [5.41, 5.74) is 0.553. The lowest BCUT2D eigenvalue weighted by Gasteiger charge is -1.97. The maximum atomic E-state index is 11.4. The van der Waals surface area contributed by atoms with Crippen LogP contribution >= 0.6 is 15.9 Å². The molecule has 5 heteroatoms. The van der Waals surface area contributed by atoms with E-state index in [4.69, 9.17) is 0 Å². The van der Waals surface area contributed by atoms with Crippen LogP contribution in [-0.4, -0.2) is 20.8 Å². The van der Waals surface area contributed by atoms with Gasteiger partial charge >= 0.3 is 0 Å². The van der Waals surface area contributed by atoms with E-state index in [0.29, 0.717) is 16.7 Å². The molecule has 0 aliphatic carbocycles. The van der Waals surface area contributed by atoms with Crippen molar-refractivity contribution in [2.24, 2.45) is 7.05 Å². The zero-order valence-corrected chi connectivity index (χ0v) is 8.63. The molecule has 0 amide bonds. The van der Waals surface area contributed by atoms with Crippen LogP contribution in [0.2, 0.25) is 0 Å². The summed E-state index contributed by atoms with van der Waals surface area (Å²) in [6, 6.07) is 0. The molecule has 1 rings (SSSR count). The fourth-order valence-corrected chi connectivity index (χ4v) is 1.52. The number of carbonyl (C=O) groups excluding carboxylic acids is 1. The number of hydrogen-bond donors (Lipinski definition) is 0. The Kier molecular flexibility index (Phi) is 2.97. The summed E-state index contributed by atoms with van der Waals surface area (Å²) in [4.78, 5) is 11.4. The third-order valence-electron chi connectivity index (χ3n) is 1.53. The van der Waals surface area contributed by atoms with Crippen LogP contribution in [-0.2, 0) is 7.05 Å². The predicted octanol–water partition coefficient (Wildman–Crippen LogP) is 1.56. The summed E-state index contributed by atoms with van der Waals surface area (Å²) < 4.78 is 2.02. The Morgan fingerprint density at radius 1 is 1.67 bits per heavy atom. The molecule has 0 saturated carbocycles. The van der Waals surface area contributed by atoms with Crippen molar-refractivity contribution in [3.8, 4) is 0 Å². The number of aromatic nitrogens is 3. The van der Waals surface area contributed by atoms with E-state index in [-0.39, 0.29) is 5.78 Å². The Hall–Kier alpha value is -0.710. The molecule has 0 atom stereocenters. The molecule has 0 aliphatic rings. The van der Waals surface area contributed by atoms with E-state index in [1.807, 2.05) is 6.92 Å². The molecule has 0 radical (unpaired) electrons. The molecule has 0 fully saturated rings. The van der Waals surface area contributed by atoms with Crippen LogP contribution in [0.15, 0.2) is 4.60 Å². The van der Waals surface area contributed by atoms with Crippen molar-refractivity contribution in [1.82, 2.24) is 15.0 Å². The first-order valence-corrected chi connectivity index (χ1v) is 4.54. The minimum Gasteiger partial charge on any atom is -0.292 e. The van der Waals surface area contributed by atoms with E-state index >= 15 is 0 Å². The maximum Gasteiger partial charge on any atom is 0.183 e. The maximum absolute atomic E-state index is 11.4. The molecule has 0 aromatic carbocycles. The van der Waals surface area contributed by atoms with E-state index in [2.05, 4.69) is 26.2 Å². The van der Waals surface area contributed by atoms with E-state index in [1.165, 1.54) is 4.68 Å². The quantitative estimate of drug-likeness (QED) is 0.743. The first-order valence-electron chi connectivity index (χ1n) is 3.75. The van der Waals surface area contributed by atoms with Crippen LogP contribution in [0.4, 0.5) is 0 Å². The average Bonchev–Trinajstić information content (AvgIpc) is 2.32. The van der Waals surface area contributed by atoms with Crippen molar-refractivity contribution in [2.75, 3.05) is 0 Å². The van der Waals surface area contributed by atoms with Gasteiger partial charge in [0, 0.05) is 13.5 Å². The highest BCUT2D eigenvalue weighted by molar-refractivity contribution is 9.10. The Bertz CT molecular complexity index is 275. The van der Waals surface area contributed by atoms with Gasteiger partial charge in [-0.25, -0.2) is 4.68 Å². The lowest BCUT2D eigenvalue weighted by Crippen LogP contribution is -2.06. The van der Waals surface area contributed by atoms with Gasteiger partial charge < -0.3 is 0 Å². The first-order chi connectivity index (χ1) is 5.66. The Morgan fingerprint density at radius 3 is 2.75 bits per heavy atom. The van der Waals surface area contributed by atoms with Crippen LogP contribution < -0.4 is 0 Å². The van der Waals surface area contributed by atoms with Crippen molar-refractivity contribution >= 4 is 21.7 Å². The molecule has 1 aromatic heterocycles. The van der Waals surface area contributed by atoms with Crippen molar-refractivity contribution < 1.29 is 4.79 Å². The molecular formula is C7H10BrN3O. The van der Waals surface area contributed by atoms with Crippen LogP contribution in [0.5, 0.6) is 0 Å². The Balaban J connectivity index is 2.93. The van der Waals surface area contributed by atoms with Crippen LogP contribution in [0, 0.1) is 0 Å². The van der Waals surface area contributed by atoms with Crippen LogP contribution in [0.1, 0.15) is 30.3 Å². The van der Waals surface area contributed by atoms with E-state index in [0.717, 1.165) is 6.42 Å². The van der Waals surface area contributed by atoms with Crippen molar-refractivity contribution in [3.63, 3.8) is 0 Å². The number of ketones is 1. The molecule has 0 bridgehead atoms. The molecule has 0 aliphatic heterocycles. The minimum absolute atomic E-state index is 0.0804. The third kappa shape index (κ3) is 1.72. The number of aryl methyl sites for hydroxylation is 1. The number of hydrogen-bond acceptors (Lipinski definition) is 3. The molecule has 0 saturated heterocycles. The van der Waals surface area contributed by atoms with Gasteiger partial charge in [-0.2, -0.15) is 0 Å². The zero-order chi connectivity index (χ0) is 9.14. The van der Waals surface area contributed by atoms with Crippen LogP contribution in [0.25, 0.3) is 0 Å². The summed E-state index contributed by atoms with van der Waals surface area (Å²) in [7, 11) is 1.71. The van der Waals surface area contributed by atoms with Gasteiger partial charge in [-0.1, -0.05) is 12.1 Å². The Morgan fingerprint density at radius 2 is 2.33 bits per heavy atom. The minimum atomic E-state index is 0.0804. The molecular weight excluding hydrogens is 222 g/mol. The fraction of sp³-hybridized carbons (Fsp3) is 0.571. The molecule has 0 spiro atoms. The van der Waals surface area contributed by atoms with Gasteiger partial charge in [0.05, 0.1) is 0 Å². The standard InChI is InChI=1S/C7H10BrN3O/c1-3-4-5(12)6-7(8)9-10-11(6)2/h3-4H2,1-2H3. The first kappa shape index (κ1) is 9.38. The van der Waals surface area contributed by atoms with E-state index in [9.17, 15) is 4.79 Å². The summed E-state index contributed by atoms with van der Waals surface area (Å²) >= 11 is 3.17. The Labute approximate surface area is 79.1 Å². The number of nitrogens with zero attached hydrogens (tertiary/aromatic N) is 3. The second-order valence-corrected chi connectivity index (χ2v) is 3.28. The molecule has 0 unspecified atom stereocenters. The second-order valence-electron chi connectivity index (χ2n) is 2.53. The van der Waals surface area contributed by atoms with Crippen LogP contribution in [0.3, 0.4) is 0 Å². The second kappa shape index (κ2) is 3.80. The van der Waals surface area contributed by atoms with Gasteiger partial charge in [-0.05, 0) is 22.4 Å². The number of carbonyl (C=O) groups is 1. The summed E-state index contributed by atoms with van der Waals surface area (Å²) in [5.74, 6) is 0.0804. The molecule has 12 heavy (non-hydrogen) atoms. The summed E-state index contributed by atoms with van der Waals surface area (Å²) in [6.45, 7) is 1.97. The molecule has 66 valence electrons. The molecule has 4 nitrogen and oxygen atoms in total. The molecule has 1 heterocycles. The van der Waals surface area contributed by atoms with Gasteiger partial charge in [0.1, 0.15) is 5.69 Å². The van der Waals surface area contributed by atoms with E-state index in [1.54, 1.807) is 7.05 Å². The van der Waals surface area contributed by atoms with Gasteiger partial charge in [-0.15, -0.1) is 5.10 Å². The van der Waals surface area contributed by atoms with Crippen molar-refractivity contribution in [1.29, 1.82) is 0 Å². The van der Waals surface area contributed by atoms with Gasteiger partial charge in [0.15, 0.2) is 10.4 Å². The highest BCUT2D eigenvalue weighted by Gasteiger charge is 2.14. The van der Waals surface area contributed by atoms with Crippen molar-refractivity contribution in [2.45, 2.75) is 19.8 Å². The lowest BCUT2D eigenvalue weighted by molar-refractivity contribution is 0.0972. The van der Waals surface area contributed by atoms with Gasteiger partial charge in [-0.3, -0.25) is 4.79 Å². The molecule has 0 N–H and O–H groups in total. The smallest absolute Gasteiger partial charge is 0.183 e. The highest BCUT2D eigenvalue weighted by atomic mass is 79.9. The van der Waals surface area contributed by atoms with Crippen molar-refractivity contribution in [3.05, 3.63) is 10.3 Å². The molecule has 1 aromatic rings. The SMILES string of the molecule is CCCC(=O)c1c(Br)nnn1C. The highest BCUT2D eigenvalue weighted by Crippen LogP contribution is 2.14.